The van der Waals surface area contributed by atoms with Gasteiger partial charge in [-0.1, -0.05) is 0 Å². The van der Waals surface area contributed by atoms with Crippen LogP contribution in [-0.2, 0) is 6.42 Å². The van der Waals surface area contributed by atoms with Crippen LogP contribution in [0.4, 0.5) is 0 Å². The van der Waals surface area contributed by atoms with E-state index in [1.165, 1.54) is 17.8 Å². The smallest absolute Gasteiger partial charge is 0.137 e. The molecule has 3 nitrogen and oxygen atoms in total. The van der Waals surface area contributed by atoms with Crippen molar-refractivity contribution in [3.8, 4) is 0 Å². The topological polar surface area (TPSA) is 29.3 Å². The zero-order valence-corrected chi connectivity index (χ0v) is 11.5. The number of hydrogen-bond donors (Lipinski definition) is 1. The molecular formula is C13H16BrN3. The van der Waals surface area contributed by atoms with Crippen molar-refractivity contribution in [1.82, 2.24) is 14.7 Å². The summed E-state index contributed by atoms with van der Waals surface area (Å²) >= 11 is 3.51. The molecule has 1 aliphatic heterocycles. The maximum atomic E-state index is 4.73. The summed E-state index contributed by atoms with van der Waals surface area (Å²) in [5.74, 6) is 0.752. The third-order valence-electron chi connectivity index (χ3n) is 3.56. The predicted octanol–water partition coefficient (Wildman–Crippen LogP) is 2.56. The molecule has 0 bridgehead atoms. The number of pyridine rings is 1. The summed E-state index contributed by atoms with van der Waals surface area (Å²) < 4.78 is 3.27. The van der Waals surface area contributed by atoms with Crippen LogP contribution < -0.4 is 5.32 Å². The Morgan fingerprint density at radius 3 is 3.18 bits per heavy atom. The zero-order valence-electron chi connectivity index (χ0n) is 9.91. The highest BCUT2D eigenvalue weighted by Gasteiger charge is 2.18. The molecule has 1 fully saturated rings. The quantitative estimate of drug-likeness (QED) is 0.922. The molecule has 3 rings (SSSR count). The summed E-state index contributed by atoms with van der Waals surface area (Å²) in [5.41, 5.74) is 3.57. The number of halogens is 1. The third kappa shape index (κ3) is 2.11. The second-order valence-electron chi connectivity index (χ2n) is 4.78. The van der Waals surface area contributed by atoms with Crippen molar-refractivity contribution in [2.24, 2.45) is 5.92 Å². The fraction of sp³-hybridized carbons (Fsp3) is 0.462. The van der Waals surface area contributed by atoms with E-state index in [2.05, 4.69) is 44.8 Å². The van der Waals surface area contributed by atoms with E-state index in [-0.39, 0.29) is 0 Å². The first-order valence-electron chi connectivity index (χ1n) is 6.08. The first kappa shape index (κ1) is 11.2. The number of hydrogen-bond acceptors (Lipinski definition) is 2. The number of fused-ring (bicyclic) bond motifs is 1. The van der Waals surface area contributed by atoms with Crippen LogP contribution >= 0.6 is 15.9 Å². The van der Waals surface area contributed by atoms with Crippen molar-refractivity contribution in [1.29, 1.82) is 0 Å². The normalized spacial score (nSPS) is 20.2. The minimum atomic E-state index is 0.752. The van der Waals surface area contributed by atoms with Gasteiger partial charge in [-0.05, 0) is 66.8 Å². The average molecular weight is 294 g/mol. The Kier molecular flexibility index (Phi) is 2.92. The van der Waals surface area contributed by atoms with Crippen LogP contribution in [0.1, 0.15) is 17.8 Å². The summed E-state index contributed by atoms with van der Waals surface area (Å²) in [6.45, 7) is 4.45. The number of aromatic nitrogens is 2. The van der Waals surface area contributed by atoms with Crippen LogP contribution in [0.2, 0.25) is 0 Å². The van der Waals surface area contributed by atoms with Crippen LogP contribution in [0.25, 0.3) is 5.65 Å². The third-order valence-corrected chi connectivity index (χ3v) is 4.03. The SMILES string of the molecule is Cc1c(CC2CCNC2)nc2ccc(Br)cn12. The van der Waals surface area contributed by atoms with E-state index in [1.807, 2.05) is 6.07 Å². The van der Waals surface area contributed by atoms with E-state index in [0.29, 0.717) is 0 Å². The van der Waals surface area contributed by atoms with Gasteiger partial charge in [0, 0.05) is 16.4 Å². The van der Waals surface area contributed by atoms with Crippen LogP contribution in [0.5, 0.6) is 0 Å². The molecule has 1 unspecified atom stereocenters. The second-order valence-corrected chi connectivity index (χ2v) is 5.70. The largest absolute Gasteiger partial charge is 0.316 e. The second kappa shape index (κ2) is 4.42. The van der Waals surface area contributed by atoms with Gasteiger partial charge in [0.1, 0.15) is 5.65 Å². The predicted molar refractivity (Wildman–Crippen MR) is 72.3 cm³/mol. The highest BCUT2D eigenvalue weighted by Crippen LogP contribution is 2.20. The lowest BCUT2D eigenvalue weighted by Gasteiger charge is -2.06. The van der Waals surface area contributed by atoms with Gasteiger partial charge in [-0.15, -0.1) is 0 Å². The first-order chi connectivity index (χ1) is 8.24. The molecular weight excluding hydrogens is 278 g/mol. The number of rotatable bonds is 2. The van der Waals surface area contributed by atoms with Gasteiger partial charge in [-0.3, -0.25) is 0 Å². The maximum absolute atomic E-state index is 4.73. The van der Waals surface area contributed by atoms with E-state index >= 15 is 0 Å². The fourth-order valence-corrected chi connectivity index (χ4v) is 2.88. The van der Waals surface area contributed by atoms with E-state index in [9.17, 15) is 0 Å². The highest BCUT2D eigenvalue weighted by atomic mass is 79.9. The molecule has 0 spiro atoms. The molecule has 0 aliphatic carbocycles. The minimum Gasteiger partial charge on any atom is -0.316 e. The molecule has 0 aromatic carbocycles. The van der Waals surface area contributed by atoms with E-state index in [0.717, 1.165) is 35.5 Å². The Morgan fingerprint density at radius 1 is 1.53 bits per heavy atom. The molecule has 0 amide bonds. The standard InChI is InChI=1S/C13H16BrN3/c1-9-12(6-10-4-5-15-7-10)16-13-3-2-11(14)8-17(9)13/h2-3,8,10,15H,4-7H2,1H3. The van der Waals surface area contributed by atoms with E-state index < -0.39 is 0 Å². The van der Waals surface area contributed by atoms with Gasteiger partial charge < -0.3 is 9.72 Å². The summed E-state index contributed by atoms with van der Waals surface area (Å²) in [6, 6.07) is 4.11. The van der Waals surface area contributed by atoms with Crippen molar-refractivity contribution >= 4 is 21.6 Å². The van der Waals surface area contributed by atoms with Gasteiger partial charge in [0.05, 0.1) is 5.69 Å². The number of imidazole rings is 1. The van der Waals surface area contributed by atoms with E-state index in [1.54, 1.807) is 0 Å². The Balaban J connectivity index is 1.96. The molecule has 0 radical (unpaired) electrons. The van der Waals surface area contributed by atoms with Crippen molar-refractivity contribution in [2.75, 3.05) is 13.1 Å². The summed E-state index contributed by atoms with van der Waals surface area (Å²) in [6.07, 6.45) is 4.46. The number of aryl methyl sites for hydroxylation is 1. The molecule has 17 heavy (non-hydrogen) atoms. The lowest BCUT2D eigenvalue weighted by Crippen LogP contribution is -2.11. The van der Waals surface area contributed by atoms with Gasteiger partial charge in [-0.25, -0.2) is 4.98 Å². The highest BCUT2D eigenvalue weighted by molar-refractivity contribution is 9.10. The van der Waals surface area contributed by atoms with Crippen LogP contribution in [-0.4, -0.2) is 22.5 Å². The molecule has 1 saturated heterocycles. The molecule has 1 N–H and O–H groups in total. The molecule has 0 saturated carbocycles. The Morgan fingerprint density at radius 2 is 2.41 bits per heavy atom. The van der Waals surface area contributed by atoms with E-state index in [4.69, 9.17) is 4.98 Å². The van der Waals surface area contributed by atoms with Gasteiger partial charge in [0.25, 0.3) is 0 Å². The van der Waals surface area contributed by atoms with Crippen molar-refractivity contribution in [3.63, 3.8) is 0 Å². The number of nitrogens with zero attached hydrogens (tertiary/aromatic N) is 2. The van der Waals surface area contributed by atoms with Gasteiger partial charge in [-0.2, -0.15) is 0 Å². The Hall–Kier alpha value is -0.870. The van der Waals surface area contributed by atoms with Crippen molar-refractivity contribution in [3.05, 3.63) is 34.2 Å². The Bertz CT molecular complexity index is 541. The van der Waals surface area contributed by atoms with Crippen LogP contribution in [0.15, 0.2) is 22.8 Å². The van der Waals surface area contributed by atoms with Gasteiger partial charge in [0.15, 0.2) is 0 Å². The van der Waals surface area contributed by atoms with Crippen LogP contribution in [0, 0.1) is 12.8 Å². The number of nitrogens with one attached hydrogen (secondary N) is 1. The zero-order chi connectivity index (χ0) is 11.8. The molecule has 2 aromatic heterocycles. The fourth-order valence-electron chi connectivity index (χ4n) is 2.54. The average Bonchev–Trinajstić information content (AvgIpc) is 2.91. The summed E-state index contributed by atoms with van der Waals surface area (Å²) in [7, 11) is 0. The van der Waals surface area contributed by atoms with Gasteiger partial charge in [0.2, 0.25) is 0 Å². The molecule has 1 atom stereocenters. The molecule has 90 valence electrons. The minimum absolute atomic E-state index is 0.752. The molecule has 3 heterocycles. The Labute approximate surface area is 109 Å². The molecule has 4 heteroatoms. The van der Waals surface area contributed by atoms with Crippen molar-refractivity contribution < 1.29 is 0 Å². The maximum Gasteiger partial charge on any atom is 0.137 e. The van der Waals surface area contributed by atoms with Gasteiger partial charge >= 0.3 is 0 Å². The lowest BCUT2D eigenvalue weighted by atomic mass is 10.0. The first-order valence-corrected chi connectivity index (χ1v) is 6.87. The van der Waals surface area contributed by atoms with Crippen molar-refractivity contribution in [2.45, 2.75) is 19.8 Å². The molecule has 2 aromatic rings. The van der Waals surface area contributed by atoms with Crippen LogP contribution in [0.3, 0.4) is 0 Å². The summed E-state index contributed by atoms with van der Waals surface area (Å²) in [5, 5.41) is 3.41. The monoisotopic (exact) mass is 293 g/mol. The lowest BCUT2D eigenvalue weighted by molar-refractivity contribution is 0.571. The summed E-state index contributed by atoms with van der Waals surface area (Å²) in [4.78, 5) is 4.73. The molecule has 1 aliphatic rings.